The van der Waals surface area contributed by atoms with Crippen molar-refractivity contribution in [3.63, 3.8) is 0 Å². The first-order valence-electron chi connectivity index (χ1n) is 8.87. The third-order valence-corrected chi connectivity index (χ3v) is 4.13. The Morgan fingerprint density at radius 3 is 1.97 bits per heavy atom. The number of H-pyrrole nitrogens is 2. The van der Waals surface area contributed by atoms with E-state index in [1.165, 1.54) is 17.9 Å². The Hall–Kier alpha value is -3.08. The molecule has 4 N–H and O–H groups in total. The van der Waals surface area contributed by atoms with Crippen LogP contribution >= 0.6 is 24.8 Å². The van der Waals surface area contributed by atoms with Crippen molar-refractivity contribution in [3.05, 3.63) is 72.1 Å². The van der Waals surface area contributed by atoms with Crippen LogP contribution in [0.25, 0.3) is 21.8 Å². The smallest absolute Gasteiger partial charge is 0.182 e. The molecule has 148 valence electrons. The van der Waals surface area contributed by atoms with Crippen LogP contribution in [0.3, 0.4) is 0 Å². The van der Waals surface area contributed by atoms with E-state index in [0.717, 1.165) is 22.0 Å². The van der Waals surface area contributed by atoms with Crippen molar-refractivity contribution < 1.29 is 4.79 Å². The first-order valence-corrected chi connectivity index (χ1v) is 9.72. The molecule has 0 atom stereocenters. The summed E-state index contributed by atoms with van der Waals surface area (Å²) in [6, 6.07) is 18.3. The number of aromatic nitrogens is 2. The monoisotopic (exact) mass is 422 g/mol. The maximum absolute atomic E-state index is 9.31. The minimum absolute atomic E-state index is 0.139. The minimum Gasteiger partial charge on any atom is -0.393 e. The molecule has 4 rings (SSSR count). The van der Waals surface area contributed by atoms with Crippen LogP contribution in [0.2, 0.25) is 0 Å². The fraction of sp³-hybridized carbons (Fsp3) is 0.136. The zero-order valence-electron chi connectivity index (χ0n) is 16.0. The number of nitrogens with one attached hydrogen (secondary N) is 2. The van der Waals surface area contributed by atoms with Gasteiger partial charge in [-0.2, -0.15) is 5.26 Å². The van der Waals surface area contributed by atoms with Gasteiger partial charge in [0.15, 0.2) is 5.12 Å². The molecule has 0 fully saturated rings. The van der Waals surface area contributed by atoms with Crippen LogP contribution in [-0.4, -0.2) is 20.1 Å². The van der Waals surface area contributed by atoms with Crippen molar-refractivity contribution in [2.24, 2.45) is 5.73 Å². The molecule has 0 radical (unpaired) electrons. The van der Waals surface area contributed by atoms with Gasteiger partial charge in [0.05, 0.1) is 17.5 Å². The van der Waals surface area contributed by atoms with Gasteiger partial charge in [0, 0.05) is 47.5 Å². The number of nitrogens with two attached hydrogens (primary N) is 1. The second-order valence-corrected chi connectivity index (χ2v) is 7.37. The average molecular weight is 423 g/mol. The van der Waals surface area contributed by atoms with Gasteiger partial charge in [-0.15, -0.1) is 12.6 Å². The maximum Gasteiger partial charge on any atom is 0.182 e. The summed E-state index contributed by atoms with van der Waals surface area (Å²) < 4.78 is 0. The van der Waals surface area contributed by atoms with Gasteiger partial charge in [-0.05, 0) is 23.3 Å². The molecule has 0 unspecified atom stereocenters. The molecule has 0 saturated carbocycles. The van der Waals surface area contributed by atoms with E-state index in [4.69, 9.17) is 23.2 Å². The average Bonchev–Trinajstić information content (AvgIpc) is 3.27. The topological polar surface area (TPSA) is 98.5 Å². The predicted molar refractivity (Wildman–Crippen MR) is 126 cm³/mol. The number of para-hydroxylation sites is 2. The second kappa shape index (κ2) is 11.1. The minimum atomic E-state index is -0.139. The van der Waals surface area contributed by atoms with Crippen LogP contribution in [-0.2, 0) is 17.6 Å². The lowest BCUT2D eigenvalue weighted by molar-refractivity contribution is -0.108. The van der Waals surface area contributed by atoms with Gasteiger partial charge >= 0.3 is 0 Å². The number of hydrogen-bond acceptors (Lipinski definition) is 3. The van der Waals surface area contributed by atoms with Gasteiger partial charge in [0.25, 0.3) is 0 Å². The summed E-state index contributed by atoms with van der Waals surface area (Å²) in [6.07, 6.45) is 5.00. The summed E-state index contributed by atoms with van der Waals surface area (Å²) in [6.45, 7) is 1.39. The summed E-state index contributed by atoms with van der Waals surface area (Å²) in [7, 11) is 0. The number of benzene rings is 2. The molecule has 0 spiro atoms. The summed E-state index contributed by atoms with van der Waals surface area (Å²) in [4.78, 5) is 16.1. The molecule has 29 heavy (non-hydrogen) atoms. The van der Waals surface area contributed by atoms with Crippen molar-refractivity contribution in [3.8, 4) is 6.07 Å². The van der Waals surface area contributed by atoms with Crippen molar-refractivity contribution in [1.29, 1.82) is 5.26 Å². The van der Waals surface area contributed by atoms with E-state index in [1.54, 1.807) is 0 Å². The number of hydrogen-bond donors (Lipinski definition) is 4. The number of rotatable bonds is 3. The standard InChI is InChI=1S/C10H10N2S.C10H8N2.C2H4OS/c11-10(13)5-7-6-12-9-4-2-1-3-8(7)9;11-6-5-8-7-12-10-4-2-1-3-9(8)10;1-2(3)4/h1-4,6,12H,5H2,(H2,11,13);1-4,7,12H,5H2;1H3,(H,3,4). The van der Waals surface area contributed by atoms with Gasteiger partial charge in [0.2, 0.25) is 0 Å². The molecule has 0 aliphatic rings. The fourth-order valence-electron chi connectivity index (χ4n) is 2.83. The first-order chi connectivity index (χ1) is 13.9. The van der Waals surface area contributed by atoms with E-state index >= 15 is 0 Å². The molecule has 7 heteroatoms. The Bertz CT molecular complexity index is 1150. The lowest BCUT2D eigenvalue weighted by atomic mass is 10.1. The summed E-state index contributed by atoms with van der Waals surface area (Å²) in [5.74, 6) is 0. The molecular formula is C22H22N4OS2. The highest BCUT2D eigenvalue weighted by molar-refractivity contribution is 7.96. The summed E-state index contributed by atoms with van der Waals surface area (Å²) in [5, 5.41) is 10.8. The van der Waals surface area contributed by atoms with E-state index < -0.39 is 0 Å². The van der Waals surface area contributed by atoms with E-state index in [9.17, 15) is 4.79 Å². The van der Waals surface area contributed by atoms with Crippen LogP contribution in [0.4, 0.5) is 0 Å². The number of thiol groups is 1. The third kappa shape index (κ3) is 6.79. The highest BCUT2D eigenvalue weighted by Crippen LogP contribution is 2.18. The van der Waals surface area contributed by atoms with Gasteiger partial charge < -0.3 is 15.7 Å². The second-order valence-electron chi connectivity index (χ2n) is 6.22. The number of nitrogens with zero attached hydrogens (tertiary/aromatic N) is 1. The van der Waals surface area contributed by atoms with E-state index in [2.05, 4.69) is 34.7 Å². The lowest BCUT2D eigenvalue weighted by Gasteiger charge is -1.95. The van der Waals surface area contributed by atoms with Crippen molar-refractivity contribution in [2.75, 3.05) is 0 Å². The van der Waals surface area contributed by atoms with Gasteiger partial charge in [-0.1, -0.05) is 48.6 Å². The molecule has 5 nitrogen and oxygen atoms in total. The van der Waals surface area contributed by atoms with Crippen LogP contribution in [0.5, 0.6) is 0 Å². The molecule has 2 heterocycles. The number of nitriles is 1. The van der Waals surface area contributed by atoms with Crippen LogP contribution in [0.15, 0.2) is 60.9 Å². The number of aromatic amines is 2. The summed E-state index contributed by atoms with van der Waals surface area (Å²) >= 11 is 8.20. The molecule has 0 amide bonds. The van der Waals surface area contributed by atoms with Gasteiger partial charge in [-0.3, -0.25) is 4.79 Å². The largest absolute Gasteiger partial charge is 0.393 e. The van der Waals surface area contributed by atoms with E-state index in [1.807, 2.05) is 54.9 Å². The fourth-order valence-corrected chi connectivity index (χ4v) is 2.98. The number of fused-ring (bicyclic) bond motifs is 2. The molecule has 0 saturated heterocycles. The van der Waals surface area contributed by atoms with Gasteiger partial charge in [-0.25, -0.2) is 0 Å². The van der Waals surface area contributed by atoms with E-state index in [0.29, 0.717) is 17.8 Å². The molecule has 2 aromatic heterocycles. The Morgan fingerprint density at radius 1 is 1.03 bits per heavy atom. The number of carbonyl (C=O) groups excluding carboxylic acids is 1. The number of thiocarbonyl (C=S) groups is 1. The van der Waals surface area contributed by atoms with E-state index in [-0.39, 0.29) is 5.12 Å². The van der Waals surface area contributed by atoms with Crippen LogP contribution < -0.4 is 5.73 Å². The van der Waals surface area contributed by atoms with Crippen molar-refractivity contribution in [1.82, 2.24) is 9.97 Å². The quantitative estimate of drug-likeness (QED) is 0.284. The maximum atomic E-state index is 9.31. The molecule has 0 aliphatic carbocycles. The highest BCUT2D eigenvalue weighted by atomic mass is 32.1. The molecule has 2 aromatic carbocycles. The van der Waals surface area contributed by atoms with Gasteiger partial charge in [0.1, 0.15) is 0 Å². The normalized spacial score (nSPS) is 9.69. The Morgan fingerprint density at radius 2 is 1.48 bits per heavy atom. The van der Waals surface area contributed by atoms with Crippen LogP contribution in [0, 0.1) is 11.3 Å². The zero-order valence-corrected chi connectivity index (χ0v) is 17.7. The molecule has 0 bridgehead atoms. The zero-order chi connectivity index (χ0) is 21.2. The molecular weight excluding hydrogens is 400 g/mol. The molecule has 4 aromatic rings. The van der Waals surface area contributed by atoms with Crippen molar-refractivity contribution >= 4 is 56.8 Å². The summed E-state index contributed by atoms with van der Waals surface area (Å²) in [5.41, 5.74) is 9.97. The lowest BCUT2D eigenvalue weighted by Crippen LogP contribution is -2.10. The Kier molecular flexibility index (Phi) is 8.46. The molecule has 0 aliphatic heterocycles. The predicted octanol–water partition coefficient (Wildman–Crippen LogP) is 4.69. The third-order valence-electron chi connectivity index (χ3n) is 3.98. The first kappa shape index (κ1) is 22.2. The van der Waals surface area contributed by atoms with Crippen LogP contribution in [0.1, 0.15) is 18.1 Å². The SMILES string of the molecule is CC(=O)S.N#CCc1c[nH]c2ccccc12.NC(=S)Cc1c[nH]c2ccccc12. The Balaban J connectivity index is 0.000000176. The number of carbonyl (C=O) groups is 1. The Labute approximate surface area is 180 Å². The highest BCUT2D eigenvalue weighted by Gasteiger charge is 2.03. The van der Waals surface area contributed by atoms with Crippen molar-refractivity contribution in [2.45, 2.75) is 19.8 Å².